The van der Waals surface area contributed by atoms with Crippen molar-refractivity contribution in [2.45, 2.75) is 83.1 Å². The SMILES string of the molecule is CCC[C@H](O)[C@H]1[C@H]([C@@H]2C[C@H]3O[C@@H](c4c(OC)ccc(OCc5cccc(C(=O)O)c5)c4F)O[C@@]3(C(=O)CO)C2)CCC2=CC(=O)C=C[C@@]21C. The van der Waals surface area contributed by atoms with Crippen LogP contribution in [0.2, 0.25) is 0 Å². The highest BCUT2D eigenvalue weighted by molar-refractivity contribution is 6.01. The van der Waals surface area contributed by atoms with E-state index in [9.17, 15) is 29.7 Å². The number of aromatic carboxylic acids is 1. The molecule has 1 saturated heterocycles. The van der Waals surface area contributed by atoms with Crippen LogP contribution in [0.4, 0.5) is 4.39 Å². The molecule has 10 nitrogen and oxygen atoms in total. The minimum Gasteiger partial charge on any atom is -0.496 e. The van der Waals surface area contributed by atoms with Gasteiger partial charge in [0.2, 0.25) is 0 Å². The largest absolute Gasteiger partial charge is 0.496 e. The molecule has 3 fully saturated rings. The number of ketones is 2. The van der Waals surface area contributed by atoms with Crippen LogP contribution >= 0.6 is 0 Å². The van der Waals surface area contributed by atoms with Gasteiger partial charge in [-0.1, -0.05) is 44.1 Å². The second kappa shape index (κ2) is 13.8. The van der Waals surface area contributed by atoms with Crippen molar-refractivity contribution in [2.24, 2.45) is 23.2 Å². The summed E-state index contributed by atoms with van der Waals surface area (Å²) in [6.07, 6.45) is 5.73. The summed E-state index contributed by atoms with van der Waals surface area (Å²) in [5.74, 6) is -2.95. The predicted molar refractivity (Wildman–Crippen MR) is 174 cm³/mol. The molecule has 3 aliphatic carbocycles. The number of carboxylic acid groups (broad SMARTS) is 1. The van der Waals surface area contributed by atoms with Crippen LogP contribution in [0.1, 0.15) is 80.1 Å². The molecule has 0 spiro atoms. The van der Waals surface area contributed by atoms with Crippen molar-refractivity contribution >= 4 is 17.5 Å². The number of aliphatic hydroxyl groups excluding tert-OH is 2. The lowest BCUT2D eigenvalue weighted by Gasteiger charge is -2.51. The number of carboxylic acids is 1. The first-order chi connectivity index (χ1) is 23.4. The zero-order valence-electron chi connectivity index (χ0n) is 27.9. The Labute approximate surface area is 284 Å². The lowest BCUT2D eigenvalue weighted by molar-refractivity contribution is -0.152. The molecule has 4 aliphatic rings. The van der Waals surface area contributed by atoms with E-state index in [1.165, 1.54) is 31.4 Å². The van der Waals surface area contributed by atoms with E-state index in [0.29, 0.717) is 31.2 Å². The van der Waals surface area contributed by atoms with Crippen LogP contribution in [0, 0.1) is 29.0 Å². The molecule has 11 heteroatoms. The second-order valence-electron chi connectivity index (χ2n) is 13.8. The number of ether oxygens (including phenoxy) is 4. The second-order valence-corrected chi connectivity index (χ2v) is 13.8. The van der Waals surface area contributed by atoms with Crippen molar-refractivity contribution in [3.05, 3.63) is 82.7 Å². The van der Waals surface area contributed by atoms with Crippen LogP contribution in [-0.4, -0.2) is 64.4 Å². The smallest absolute Gasteiger partial charge is 0.335 e. The van der Waals surface area contributed by atoms with Gasteiger partial charge >= 0.3 is 5.97 Å². The summed E-state index contributed by atoms with van der Waals surface area (Å²) >= 11 is 0. The van der Waals surface area contributed by atoms with E-state index in [2.05, 4.69) is 6.92 Å². The Hall–Kier alpha value is -3.90. The third-order valence-electron chi connectivity index (χ3n) is 11.1. The van der Waals surface area contributed by atoms with Gasteiger partial charge in [-0.2, -0.15) is 0 Å². The number of methoxy groups -OCH3 is 1. The highest BCUT2D eigenvalue weighted by Gasteiger charge is 2.63. The van der Waals surface area contributed by atoms with Crippen molar-refractivity contribution < 1.29 is 53.0 Å². The number of benzene rings is 2. The summed E-state index contributed by atoms with van der Waals surface area (Å²) in [4.78, 5) is 37.2. The lowest BCUT2D eigenvalue weighted by atomic mass is 9.54. The third-order valence-corrected chi connectivity index (χ3v) is 11.1. The first-order valence-corrected chi connectivity index (χ1v) is 16.9. The number of aliphatic hydroxyl groups is 2. The molecule has 2 saturated carbocycles. The van der Waals surface area contributed by atoms with E-state index >= 15 is 4.39 Å². The van der Waals surface area contributed by atoms with E-state index in [1.807, 2.05) is 13.0 Å². The van der Waals surface area contributed by atoms with Gasteiger partial charge in [0, 0.05) is 11.3 Å². The maximum absolute atomic E-state index is 16.2. The highest BCUT2D eigenvalue weighted by atomic mass is 19.1. The van der Waals surface area contributed by atoms with Crippen molar-refractivity contribution in [3.8, 4) is 11.5 Å². The van der Waals surface area contributed by atoms with Crippen molar-refractivity contribution in [1.82, 2.24) is 0 Å². The molecule has 262 valence electrons. The number of halogens is 1. The Morgan fingerprint density at radius 2 is 1.96 bits per heavy atom. The first kappa shape index (κ1) is 34.9. The minimum absolute atomic E-state index is 0.0381. The number of allylic oxidation sites excluding steroid dienone is 4. The van der Waals surface area contributed by atoms with Crippen LogP contribution in [0.3, 0.4) is 0 Å². The van der Waals surface area contributed by atoms with Crippen LogP contribution in [0.5, 0.6) is 11.5 Å². The summed E-state index contributed by atoms with van der Waals surface area (Å²) in [6, 6.07) is 9.02. The summed E-state index contributed by atoms with van der Waals surface area (Å²) in [6.45, 7) is 3.18. The fourth-order valence-electron chi connectivity index (χ4n) is 8.73. The average Bonchev–Trinajstić information content (AvgIpc) is 3.63. The number of hydrogen-bond acceptors (Lipinski definition) is 9. The molecule has 0 radical (unpaired) electrons. The fraction of sp³-hybridized carbons (Fsp3) is 0.500. The fourth-order valence-corrected chi connectivity index (χ4v) is 8.73. The highest BCUT2D eigenvalue weighted by Crippen LogP contribution is 2.60. The monoisotopic (exact) mass is 678 g/mol. The van der Waals surface area contributed by atoms with Crippen molar-refractivity contribution in [1.29, 1.82) is 0 Å². The molecule has 0 unspecified atom stereocenters. The lowest BCUT2D eigenvalue weighted by Crippen LogP contribution is -2.48. The Kier molecular flexibility index (Phi) is 9.83. The van der Waals surface area contributed by atoms with Crippen molar-refractivity contribution in [2.75, 3.05) is 13.7 Å². The molecule has 0 bridgehead atoms. The zero-order valence-corrected chi connectivity index (χ0v) is 27.9. The van der Waals surface area contributed by atoms with E-state index in [-0.39, 0.29) is 59.2 Å². The molecular formula is C38H43FO10. The van der Waals surface area contributed by atoms with Crippen LogP contribution in [0.15, 0.2) is 60.2 Å². The van der Waals surface area contributed by atoms with E-state index < -0.39 is 53.7 Å². The van der Waals surface area contributed by atoms with Gasteiger partial charge in [0.1, 0.15) is 19.0 Å². The van der Waals surface area contributed by atoms with E-state index in [0.717, 1.165) is 12.0 Å². The quantitative estimate of drug-likeness (QED) is 0.263. The van der Waals surface area contributed by atoms with E-state index in [4.69, 9.17) is 18.9 Å². The number of fused-ring (bicyclic) bond motifs is 2. The van der Waals surface area contributed by atoms with Gasteiger partial charge in [-0.15, -0.1) is 0 Å². The van der Waals surface area contributed by atoms with Gasteiger partial charge in [-0.3, -0.25) is 9.59 Å². The predicted octanol–water partition coefficient (Wildman–Crippen LogP) is 5.49. The number of carbonyl (C=O) groups is 3. The molecule has 2 aromatic rings. The minimum atomic E-state index is -1.55. The van der Waals surface area contributed by atoms with Crippen LogP contribution in [0.25, 0.3) is 0 Å². The van der Waals surface area contributed by atoms with Gasteiger partial charge in [0.05, 0.1) is 30.4 Å². The molecule has 0 aromatic heterocycles. The van der Waals surface area contributed by atoms with Gasteiger partial charge in [0.15, 0.2) is 35.0 Å². The standard InChI is InChI=1S/C38H43FO10/c1-4-6-27(42)33-26(10-9-24-17-25(41)13-14-37(24,33)2)23-16-31-38(18-23,30(43)19-40)49-36(48-31)32-28(46-3)11-12-29(34(32)39)47-20-21-7-5-8-22(15-21)35(44)45/h5,7-8,11-15,17,23,26-27,31,33,36,40,42H,4,6,9-10,16,18-20H2,1-3H3,(H,44,45)/t23-,26+,27+,31-,33-,36-,37+,38-/m1/s1. The Balaban J connectivity index is 1.27. The van der Waals surface area contributed by atoms with Gasteiger partial charge < -0.3 is 34.3 Å². The summed E-state index contributed by atoms with van der Waals surface area (Å²) in [7, 11) is 1.37. The van der Waals surface area contributed by atoms with Gasteiger partial charge in [0.25, 0.3) is 0 Å². The molecule has 1 aliphatic heterocycles. The molecule has 0 amide bonds. The number of Topliss-reactive ketones (excluding diaryl/α,β-unsaturated/α-hetero) is 1. The summed E-state index contributed by atoms with van der Waals surface area (Å²) < 4.78 is 40.2. The molecule has 1 heterocycles. The zero-order chi connectivity index (χ0) is 35.1. The topological polar surface area (TPSA) is 149 Å². The molecular weight excluding hydrogens is 635 g/mol. The maximum Gasteiger partial charge on any atom is 0.335 e. The average molecular weight is 679 g/mol. The summed E-state index contributed by atoms with van der Waals surface area (Å²) in [5, 5.41) is 31.0. The van der Waals surface area contributed by atoms with E-state index in [1.54, 1.807) is 24.3 Å². The number of hydrogen-bond donors (Lipinski definition) is 3. The molecule has 49 heavy (non-hydrogen) atoms. The number of rotatable bonds is 12. The van der Waals surface area contributed by atoms with Crippen molar-refractivity contribution in [3.63, 3.8) is 0 Å². The maximum atomic E-state index is 16.2. The Morgan fingerprint density at radius 3 is 2.67 bits per heavy atom. The third kappa shape index (κ3) is 6.22. The molecule has 3 N–H and O–H groups in total. The number of carbonyl (C=O) groups excluding carboxylic acids is 2. The normalized spacial score (nSPS) is 31.1. The van der Waals surface area contributed by atoms with Gasteiger partial charge in [-0.25, -0.2) is 9.18 Å². The molecule has 6 rings (SSSR count). The Bertz CT molecular complexity index is 1680. The first-order valence-electron chi connectivity index (χ1n) is 16.9. The van der Waals surface area contributed by atoms with Crippen LogP contribution in [-0.2, 0) is 25.7 Å². The molecule has 8 atom stereocenters. The summed E-state index contributed by atoms with van der Waals surface area (Å²) in [5.41, 5.74) is -0.580. The Morgan fingerprint density at radius 1 is 1.18 bits per heavy atom. The van der Waals surface area contributed by atoms with Crippen LogP contribution < -0.4 is 9.47 Å². The molecule has 2 aromatic carbocycles. The van der Waals surface area contributed by atoms with Gasteiger partial charge in [-0.05, 0) is 85.9 Å².